The van der Waals surface area contributed by atoms with Gasteiger partial charge >= 0.3 is 23.1 Å². The van der Waals surface area contributed by atoms with Crippen molar-refractivity contribution in [3.8, 4) is 11.5 Å². The third kappa shape index (κ3) is 2.05. The summed E-state index contributed by atoms with van der Waals surface area (Å²) in [6, 6.07) is 5.75. The summed E-state index contributed by atoms with van der Waals surface area (Å²) in [5.74, 6) is 1.66. The molecule has 1 aromatic rings. The Kier molecular flexibility index (Phi) is 3.67. The first-order valence-corrected chi connectivity index (χ1v) is 4.21. The normalized spacial score (nSPS) is 13.4. The second kappa shape index (κ2) is 4.34. The average Bonchev–Trinajstić information content (AvgIpc) is 2.04. The molecule has 0 saturated carbocycles. The maximum absolute atomic E-state index is 5.35. The van der Waals surface area contributed by atoms with Gasteiger partial charge in [0, 0.05) is 4.47 Å². The Hall–Kier alpha value is 0.0662. The van der Waals surface area contributed by atoms with Gasteiger partial charge in [0.15, 0.2) is 11.5 Å². The van der Waals surface area contributed by atoms with E-state index >= 15 is 0 Å². The van der Waals surface area contributed by atoms with Gasteiger partial charge in [0.05, 0.1) is 0 Å². The van der Waals surface area contributed by atoms with E-state index in [1.54, 1.807) is 0 Å². The van der Waals surface area contributed by atoms with Crippen LogP contribution in [0.5, 0.6) is 11.5 Å². The van der Waals surface area contributed by atoms with Gasteiger partial charge < -0.3 is 12.3 Å². The SMILES string of the molecule is Brc1ccc2c(c1)OCCO2.[H-].[H-].[Mg+2]. The summed E-state index contributed by atoms with van der Waals surface area (Å²) in [6.45, 7) is 1.29. The molecule has 62 valence electrons. The molecular weight excluding hydrogens is 232 g/mol. The molecule has 1 heterocycles. The van der Waals surface area contributed by atoms with Crippen molar-refractivity contribution in [2.75, 3.05) is 13.2 Å². The van der Waals surface area contributed by atoms with Crippen LogP contribution in [0.15, 0.2) is 22.7 Å². The second-order valence-corrected chi connectivity index (χ2v) is 3.20. The van der Waals surface area contributed by atoms with Crippen LogP contribution in [-0.4, -0.2) is 36.3 Å². The number of halogens is 1. The molecule has 0 unspecified atom stereocenters. The minimum atomic E-state index is 0. The van der Waals surface area contributed by atoms with Crippen LogP contribution in [0.1, 0.15) is 2.85 Å². The van der Waals surface area contributed by atoms with Gasteiger partial charge in [0.25, 0.3) is 0 Å². The first-order valence-electron chi connectivity index (χ1n) is 3.41. The quantitative estimate of drug-likeness (QED) is 0.647. The summed E-state index contributed by atoms with van der Waals surface area (Å²) in [6.07, 6.45) is 0. The Morgan fingerprint density at radius 2 is 1.83 bits per heavy atom. The molecule has 0 aromatic heterocycles. The average molecular weight is 241 g/mol. The molecule has 1 aliphatic heterocycles. The molecule has 0 bridgehead atoms. The van der Waals surface area contributed by atoms with Crippen molar-refractivity contribution in [2.24, 2.45) is 0 Å². The van der Waals surface area contributed by atoms with E-state index in [0.717, 1.165) is 16.0 Å². The topological polar surface area (TPSA) is 18.5 Å². The van der Waals surface area contributed by atoms with E-state index in [-0.39, 0.29) is 25.9 Å². The molecule has 2 nitrogen and oxygen atoms in total. The maximum Gasteiger partial charge on any atom is 2.00 e. The van der Waals surface area contributed by atoms with Gasteiger partial charge in [0.1, 0.15) is 13.2 Å². The number of hydrogen-bond acceptors (Lipinski definition) is 2. The second-order valence-electron chi connectivity index (χ2n) is 2.29. The van der Waals surface area contributed by atoms with Gasteiger partial charge in [-0.25, -0.2) is 0 Å². The predicted molar refractivity (Wildman–Crippen MR) is 53.1 cm³/mol. The van der Waals surface area contributed by atoms with Gasteiger partial charge in [-0.1, -0.05) is 15.9 Å². The summed E-state index contributed by atoms with van der Waals surface area (Å²) < 4.78 is 11.7. The Balaban J connectivity index is 0. The third-order valence-corrected chi connectivity index (χ3v) is 2.00. The number of benzene rings is 1. The van der Waals surface area contributed by atoms with Crippen LogP contribution in [-0.2, 0) is 0 Å². The predicted octanol–water partition coefficient (Wildman–Crippen LogP) is 2.06. The van der Waals surface area contributed by atoms with E-state index in [9.17, 15) is 0 Å². The van der Waals surface area contributed by atoms with Crippen LogP contribution < -0.4 is 9.47 Å². The first kappa shape index (κ1) is 10.1. The molecule has 0 aliphatic carbocycles. The van der Waals surface area contributed by atoms with Gasteiger partial charge in [-0.2, -0.15) is 0 Å². The molecule has 0 amide bonds. The first-order chi connectivity index (χ1) is 5.36. The van der Waals surface area contributed by atoms with E-state index in [4.69, 9.17) is 9.47 Å². The molecule has 12 heavy (non-hydrogen) atoms. The van der Waals surface area contributed by atoms with Crippen LogP contribution in [0.25, 0.3) is 0 Å². The van der Waals surface area contributed by atoms with Crippen molar-refractivity contribution >= 4 is 39.0 Å². The minimum absolute atomic E-state index is 0. The summed E-state index contributed by atoms with van der Waals surface area (Å²) in [5.41, 5.74) is 0. The van der Waals surface area contributed by atoms with Crippen LogP contribution in [0.2, 0.25) is 0 Å². The largest absolute Gasteiger partial charge is 2.00 e. The Bertz CT molecular complexity index is 286. The zero-order valence-corrected chi connectivity index (χ0v) is 9.55. The number of fused-ring (bicyclic) bond motifs is 1. The Morgan fingerprint density at radius 3 is 2.58 bits per heavy atom. The standard InChI is InChI=1S/C8H7BrO2.Mg.2H/c9-6-1-2-7-8(5-6)11-4-3-10-7;;;/h1-2,5H,3-4H2;;;/q;+2;2*-1. The Labute approximate surface area is 98.5 Å². The fourth-order valence-corrected chi connectivity index (χ4v) is 1.36. The van der Waals surface area contributed by atoms with E-state index in [0.29, 0.717) is 13.2 Å². The van der Waals surface area contributed by atoms with E-state index in [2.05, 4.69) is 15.9 Å². The summed E-state index contributed by atoms with van der Waals surface area (Å²) >= 11 is 3.35. The third-order valence-electron chi connectivity index (χ3n) is 1.50. The minimum Gasteiger partial charge on any atom is -1.00 e. The summed E-state index contributed by atoms with van der Waals surface area (Å²) in [7, 11) is 0. The van der Waals surface area contributed by atoms with Crippen LogP contribution in [0.3, 0.4) is 0 Å². The fraction of sp³-hybridized carbons (Fsp3) is 0.250. The Morgan fingerprint density at radius 1 is 1.17 bits per heavy atom. The van der Waals surface area contributed by atoms with Crippen molar-refractivity contribution in [1.82, 2.24) is 0 Å². The van der Waals surface area contributed by atoms with Crippen molar-refractivity contribution in [3.05, 3.63) is 22.7 Å². The zero-order valence-electron chi connectivity index (χ0n) is 8.55. The monoisotopic (exact) mass is 240 g/mol. The molecule has 0 spiro atoms. The fourth-order valence-electron chi connectivity index (χ4n) is 1.02. The maximum atomic E-state index is 5.35. The van der Waals surface area contributed by atoms with Gasteiger partial charge in [-0.3, -0.25) is 0 Å². The molecule has 0 radical (unpaired) electrons. The van der Waals surface area contributed by atoms with E-state index in [1.807, 2.05) is 18.2 Å². The number of ether oxygens (including phenoxy) is 2. The van der Waals surface area contributed by atoms with Crippen molar-refractivity contribution in [2.45, 2.75) is 0 Å². The smallest absolute Gasteiger partial charge is 1.00 e. The molecule has 1 aliphatic rings. The van der Waals surface area contributed by atoms with Crippen LogP contribution in [0, 0.1) is 0 Å². The molecule has 0 N–H and O–H groups in total. The zero-order chi connectivity index (χ0) is 7.68. The molecule has 0 fully saturated rings. The van der Waals surface area contributed by atoms with Gasteiger partial charge in [0.2, 0.25) is 0 Å². The molecular formula is C8H9BrMgO2. The van der Waals surface area contributed by atoms with Crippen molar-refractivity contribution in [3.63, 3.8) is 0 Å². The number of hydrogen-bond donors (Lipinski definition) is 0. The van der Waals surface area contributed by atoms with Crippen LogP contribution >= 0.6 is 15.9 Å². The number of rotatable bonds is 0. The molecule has 0 saturated heterocycles. The molecule has 2 rings (SSSR count). The molecule has 4 heteroatoms. The van der Waals surface area contributed by atoms with Crippen LogP contribution in [0.4, 0.5) is 0 Å². The van der Waals surface area contributed by atoms with Crippen molar-refractivity contribution < 1.29 is 12.3 Å². The van der Waals surface area contributed by atoms with Gasteiger partial charge in [-0.05, 0) is 18.2 Å². The molecule has 0 atom stereocenters. The summed E-state index contributed by atoms with van der Waals surface area (Å²) in [4.78, 5) is 0. The van der Waals surface area contributed by atoms with E-state index < -0.39 is 0 Å². The van der Waals surface area contributed by atoms with E-state index in [1.165, 1.54) is 0 Å². The van der Waals surface area contributed by atoms with Crippen molar-refractivity contribution in [1.29, 1.82) is 0 Å². The van der Waals surface area contributed by atoms with Gasteiger partial charge in [-0.15, -0.1) is 0 Å². The molecule has 1 aromatic carbocycles. The summed E-state index contributed by atoms with van der Waals surface area (Å²) in [5, 5.41) is 0.